The van der Waals surface area contributed by atoms with Crippen LogP contribution in [0.25, 0.3) is 0 Å². The Balaban J connectivity index is 0.000000949. The zero-order chi connectivity index (χ0) is 63.8. The van der Waals surface area contributed by atoms with Gasteiger partial charge in [-0.1, -0.05) is 0 Å². The summed E-state index contributed by atoms with van der Waals surface area (Å²) in [5.74, 6) is -2.47. The van der Waals surface area contributed by atoms with E-state index in [-0.39, 0.29) is 92.2 Å². The lowest BCUT2D eigenvalue weighted by Gasteiger charge is -2.54. The highest BCUT2D eigenvalue weighted by Gasteiger charge is 2.55. The first kappa shape index (κ1) is 79.6. The number of carbonyl (C=O) groups is 3. The van der Waals surface area contributed by atoms with Gasteiger partial charge < -0.3 is 81.0 Å². The maximum Gasteiger partial charge on any atom is 0.308 e. The Bertz CT molecular complexity index is 1970. The average molecular weight is 1270 g/mol. The van der Waals surface area contributed by atoms with Crippen molar-refractivity contribution in [1.82, 2.24) is 35.7 Å². The minimum absolute atomic E-state index is 0. The minimum Gasteiger partial charge on any atom is -1.00 e. The Hall–Kier alpha value is -1.42. The molecule has 0 aromatic heterocycles. The fraction of sp³-hybridized carbons (Fsp3) is 0.950. The molecule has 6 fully saturated rings. The molecule has 6 heterocycles. The number of aliphatic carboxylic acids is 2. The predicted octanol–water partition coefficient (Wildman–Crippen LogP) is 7.48. The summed E-state index contributed by atoms with van der Waals surface area (Å²) in [5, 5.41) is 88.8. The van der Waals surface area contributed by atoms with Crippen molar-refractivity contribution >= 4 is 17.8 Å². The molecule has 1 atom stereocenters. The van der Waals surface area contributed by atoms with Crippen LogP contribution in [0.15, 0.2) is 0 Å². The summed E-state index contributed by atoms with van der Waals surface area (Å²) in [6.07, 6.45) is 10.2. The number of amides is 1. The summed E-state index contributed by atoms with van der Waals surface area (Å²) in [6.45, 7) is 49.1. The molecule has 6 rings (SSSR count). The zero-order valence-corrected chi connectivity index (χ0v) is 58.4. The second-order valence-electron chi connectivity index (χ2n) is 33.0. The van der Waals surface area contributed by atoms with Gasteiger partial charge in [0.05, 0.1) is 44.6 Å². The van der Waals surface area contributed by atoms with Crippen molar-refractivity contribution in [3.8, 4) is 0 Å². The number of quaternary nitrogens is 1. The van der Waals surface area contributed by atoms with Crippen molar-refractivity contribution in [2.24, 2.45) is 17.6 Å². The lowest BCUT2D eigenvalue weighted by atomic mass is 9.75. The number of hydrogen-bond acceptors (Lipinski definition) is 16. The number of halogens is 1. The largest absolute Gasteiger partial charge is 1.00 e. The summed E-state index contributed by atoms with van der Waals surface area (Å²) in [5.41, 5.74) is 2.52. The third-order valence-corrected chi connectivity index (χ3v) is 18.1. The van der Waals surface area contributed by atoms with E-state index in [9.17, 15) is 45.6 Å². The van der Waals surface area contributed by atoms with E-state index in [1.54, 1.807) is 18.9 Å². The van der Waals surface area contributed by atoms with Crippen LogP contribution in [0.3, 0.4) is 0 Å². The van der Waals surface area contributed by atoms with Crippen LogP contribution < -0.4 is 35.0 Å². The molecule has 6 aliphatic rings. The van der Waals surface area contributed by atoms with E-state index in [2.05, 4.69) is 81.8 Å². The van der Waals surface area contributed by atoms with E-state index >= 15 is 0 Å². The molecule has 11 N–H and O–H groups in total. The maximum atomic E-state index is 11.0. The SMILES string of the molecule is CC(=O)NC1CC(C)(C)N(O)C(C)(C)C1.CC1(C)CC(C(=O)O)C(C)(C)N1O.CC1(C)CC(C(=O)O)CC(C)(C)N1O.CC1(C)CC(N)CC(C)(C)N1O.CC1(C)CC([N+](C)(C)C)CC(C)(C)N1O.CC1(C)CCCC(C)(C)N1O.[I-]. The highest BCUT2D eigenvalue weighted by atomic mass is 127. The van der Waals surface area contributed by atoms with Crippen LogP contribution in [-0.4, -0.2) is 200 Å². The number of nitrogens with two attached hydrogens (primary N) is 1. The Morgan fingerprint density at radius 3 is 0.926 bits per heavy atom. The van der Waals surface area contributed by atoms with E-state index in [0.717, 1.165) is 55.8 Å². The van der Waals surface area contributed by atoms with Crippen molar-refractivity contribution in [3.63, 3.8) is 0 Å². The summed E-state index contributed by atoms with van der Waals surface area (Å²) in [4.78, 5) is 32.9. The number of rotatable bonds is 4. The van der Waals surface area contributed by atoms with Gasteiger partial charge in [0.25, 0.3) is 0 Å². The van der Waals surface area contributed by atoms with Gasteiger partial charge in [-0.25, -0.2) is 0 Å². The second-order valence-corrected chi connectivity index (χ2v) is 33.0. The van der Waals surface area contributed by atoms with Crippen LogP contribution >= 0.6 is 0 Å². The molecule has 1 unspecified atom stereocenters. The number of carboxylic acid groups (broad SMARTS) is 2. The third kappa shape index (κ3) is 21.2. The fourth-order valence-electron chi connectivity index (χ4n) is 14.4. The van der Waals surface area contributed by atoms with E-state index in [4.69, 9.17) is 15.9 Å². The van der Waals surface area contributed by atoms with Gasteiger partial charge in [-0.2, -0.15) is 30.4 Å². The smallest absolute Gasteiger partial charge is 0.308 e. The molecule has 0 aliphatic carbocycles. The van der Waals surface area contributed by atoms with Crippen LogP contribution in [0, 0.1) is 11.8 Å². The first-order valence-electron chi connectivity index (χ1n) is 29.3. The van der Waals surface area contributed by atoms with Crippen LogP contribution in [0.1, 0.15) is 250 Å². The molecule has 1 amide bonds. The Labute approximate surface area is 508 Å². The first-order valence-corrected chi connectivity index (χ1v) is 29.3. The van der Waals surface area contributed by atoms with Gasteiger partial charge in [0.15, 0.2) is 0 Å². The highest BCUT2D eigenvalue weighted by molar-refractivity contribution is 5.73. The molecule has 21 heteroatoms. The predicted molar refractivity (Wildman–Crippen MR) is 316 cm³/mol. The van der Waals surface area contributed by atoms with Crippen LogP contribution in [-0.2, 0) is 14.4 Å². The number of piperidine rings is 5. The van der Waals surface area contributed by atoms with E-state index < -0.39 is 40.0 Å². The van der Waals surface area contributed by atoms with Gasteiger partial charge in [-0.3, -0.25) is 14.4 Å². The molecule has 6 aliphatic heterocycles. The highest BCUT2D eigenvalue weighted by Crippen LogP contribution is 2.45. The van der Waals surface area contributed by atoms with Gasteiger partial charge in [0.1, 0.15) is 0 Å². The van der Waals surface area contributed by atoms with E-state index in [1.807, 2.05) is 96.9 Å². The summed E-state index contributed by atoms with van der Waals surface area (Å²) < 4.78 is 0.973. The molecule has 0 saturated carbocycles. The number of nitrogens with zero attached hydrogens (tertiary/aromatic N) is 7. The Morgan fingerprint density at radius 1 is 0.420 bits per heavy atom. The van der Waals surface area contributed by atoms with Crippen LogP contribution in [0.5, 0.6) is 0 Å². The lowest BCUT2D eigenvalue weighted by molar-refractivity contribution is -0.899. The van der Waals surface area contributed by atoms with Crippen molar-refractivity contribution in [3.05, 3.63) is 0 Å². The van der Waals surface area contributed by atoms with E-state index in [1.165, 1.54) is 38.7 Å². The molecule has 20 nitrogen and oxygen atoms in total. The summed E-state index contributed by atoms with van der Waals surface area (Å²) in [6, 6.07) is 0.965. The second kappa shape index (κ2) is 27.3. The van der Waals surface area contributed by atoms with Gasteiger partial charge in [0.2, 0.25) is 5.91 Å². The quantitative estimate of drug-likeness (QED) is 0.0965. The van der Waals surface area contributed by atoms with Gasteiger partial charge in [0, 0.05) is 92.8 Å². The monoisotopic (exact) mass is 1270 g/mol. The molecule has 6 saturated heterocycles. The van der Waals surface area contributed by atoms with Crippen LogP contribution in [0.2, 0.25) is 0 Å². The van der Waals surface area contributed by atoms with Crippen molar-refractivity contribution in [2.75, 3.05) is 21.1 Å². The lowest BCUT2D eigenvalue weighted by Crippen LogP contribution is -3.00. The average Bonchev–Trinajstić information content (AvgIpc) is 3.40. The fourth-order valence-corrected chi connectivity index (χ4v) is 14.4. The Morgan fingerprint density at radius 2 is 0.691 bits per heavy atom. The van der Waals surface area contributed by atoms with Gasteiger partial charge in [-0.05, 0) is 230 Å². The van der Waals surface area contributed by atoms with Gasteiger partial charge >= 0.3 is 11.9 Å². The molecule has 81 heavy (non-hydrogen) atoms. The van der Waals surface area contributed by atoms with Crippen molar-refractivity contribution in [1.29, 1.82) is 0 Å². The van der Waals surface area contributed by atoms with E-state index in [0.29, 0.717) is 25.3 Å². The van der Waals surface area contributed by atoms with Crippen LogP contribution in [0.4, 0.5) is 0 Å². The molecule has 0 aromatic rings. The number of carboxylic acids is 2. The van der Waals surface area contributed by atoms with Gasteiger partial charge in [-0.15, -0.1) is 0 Å². The molecule has 0 radical (unpaired) electrons. The minimum atomic E-state index is -0.838. The molecular weight excluding hydrogens is 1150 g/mol. The molecular formula is C60H124IN9O11. The molecule has 0 bridgehead atoms. The Kier molecular flexibility index (Phi) is 26.8. The normalized spacial score (nSPS) is 28.6. The summed E-state index contributed by atoms with van der Waals surface area (Å²) >= 11 is 0. The maximum absolute atomic E-state index is 11.0. The molecule has 482 valence electrons. The van der Waals surface area contributed by atoms with Crippen molar-refractivity contribution < 1.29 is 84.3 Å². The first-order chi connectivity index (χ1) is 35.1. The summed E-state index contributed by atoms with van der Waals surface area (Å²) in [7, 11) is 6.72. The standard InChI is InChI=1S/C12H27N2O.C11H22N2O2.C10H19NO3.C9H20N2O.C9H17NO3.C9H19NO.HI/c1-11(2)8-10(14(5,6)7)9-12(3,4)13(11)15;1-8(14)12-9-6-10(2,3)13(15)11(4,5)7-9;1-9(2)5-7(8(12)13)6-10(3,4)11(9)14;1-8(2)5-7(10)6-9(3,4)11(8)12;1-8(2)5-6(7(11)12)9(3,4)10(8)13;1-8(2)6-5-7-9(3,4)10(8)11;/h10,15H,8-9H2,1-7H3;9,15H,6-7H2,1-5H3,(H,12,14);7,14H,5-6H2,1-4H3,(H,12,13);7,12H,5-6,10H2,1-4H3;6,13H,5H2,1-4H3,(H,11,12);11H,5-7H2,1-4H3;1H/q+1;;;;;;/p-1. The molecule has 0 spiro atoms. The zero-order valence-electron chi connectivity index (χ0n) is 56.3. The number of carbonyl (C=O) groups excluding carboxylic acids is 1. The number of nitrogens with one attached hydrogen (secondary N) is 1. The number of hydroxylamine groups is 12. The number of hydrogen-bond donors (Lipinski definition) is 10. The molecule has 0 aromatic carbocycles. The van der Waals surface area contributed by atoms with Crippen molar-refractivity contribution in [2.45, 2.75) is 335 Å². The topological polar surface area (TPSA) is 271 Å². The third-order valence-electron chi connectivity index (χ3n) is 18.1.